The Labute approximate surface area is 250 Å². The Bertz CT molecular complexity index is 870. The third-order valence-electron chi connectivity index (χ3n) is 7.08. The zero-order valence-electron chi connectivity index (χ0n) is 25.9. The van der Waals surface area contributed by atoms with Gasteiger partial charge in [-0.25, -0.2) is 4.57 Å². The van der Waals surface area contributed by atoms with Gasteiger partial charge in [0.2, 0.25) is 0 Å². The molecule has 9 heteroatoms. The lowest BCUT2D eigenvalue weighted by Gasteiger charge is -2.20. The summed E-state index contributed by atoms with van der Waals surface area (Å²) in [6.07, 6.45) is 22.0. The monoisotopic (exact) mass is 595 g/mol. The molecule has 0 fully saturated rings. The molecule has 1 N–H and O–H groups in total. The molecule has 0 saturated carbocycles. The van der Waals surface area contributed by atoms with Gasteiger partial charge in [0.25, 0.3) is 0 Å². The standard InChI is InChI=1S/C32H56N2O6P/c1-4-6-7-8-9-10-11-12-13-14-15-16-17-18-24-37-27-32(38-5-2)28-39-41(35,36)40-31-21-19-20-30(25-31)26-34-23-22-33(3)29-34/h19-23,25,29,32H,4-18,24,26-28H2,1-3H3,(H,35,36). The quantitative estimate of drug-likeness (QED) is 0.0844. The molecule has 0 amide bonds. The first-order chi connectivity index (χ1) is 19.9. The van der Waals surface area contributed by atoms with Crippen LogP contribution in [0.4, 0.5) is 0 Å². The second kappa shape index (κ2) is 22.0. The zero-order chi connectivity index (χ0) is 29.6. The van der Waals surface area contributed by atoms with Crippen LogP contribution in [-0.2, 0) is 25.1 Å². The van der Waals surface area contributed by atoms with E-state index in [9.17, 15) is 9.46 Å². The SMILES string of the molecule is CCCCCCCCCCCCCCCCOCC(COP(=O)(O)Oc1cccc(CN2[CH]N(C)C=C2)c1)OCC. The van der Waals surface area contributed by atoms with Crippen molar-refractivity contribution in [3.8, 4) is 5.75 Å². The Hall–Kier alpha value is -1.57. The molecule has 1 radical (unpaired) electrons. The van der Waals surface area contributed by atoms with Gasteiger partial charge in [-0.05, 0) is 31.0 Å². The van der Waals surface area contributed by atoms with E-state index in [0.29, 0.717) is 26.4 Å². The Morgan fingerprint density at radius 2 is 1.49 bits per heavy atom. The first-order valence-corrected chi connectivity index (χ1v) is 17.4. The van der Waals surface area contributed by atoms with Crippen LogP contribution in [0.25, 0.3) is 0 Å². The third-order valence-corrected chi connectivity index (χ3v) is 8.00. The average Bonchev–Trinajstić information content (AvgIpc) is 3.35. The maximum Gasteiger partial charge on any atom is 0.527 e. The molecular formula is C32H56N2O6P. The molecule has 0 aromatic heterocycles. The number of hydrogen-bond donors (Lipinski definition) is 1. The van der Waals surface area contributed by atoms with Gasteiger partial charge < -0.3 is 23.8 Å². The highest BCUT2D eigenvalue weighted by Crippen LogP contribution is 2.44. The number of ether oxygens (including phenoxy) is 2. The molecule has 1 aromatic carbocycles. The molecule has 2 unspecified atom stereocenters. The van der Waals surface area contributed by atoms with E-state index in [-0.39, 0.29) is 12.4 Å². The smallest absolute Gasteiger partial charge is 0.404 e. The third kappa shape index (κ3) is 17.9. The molecule has 0 spiro atoms. The van der Waals surface area contributed by atoms with Gasteiger partial charge in [0.1, 0.15) is 18.5 Å². The largest absolute Gasteiger partial charge is 0.527 e. The number of unbranched alkanes of at least 4 members (excludes halogenated alkanes) is 13. The van der Waals surface area contributed by atoms with Crippen LogP contribution in [-0.4, -0.2) is 54.3 Å². The molecule has 41 heavy (non-hydrogen) atoms. The van der Waals surface area contributed by atoms with Crippen molar-refractivity contribution in [3.63, 3.8) is 0 Å². The molecule has 1 aromatic rings. The highest BCUT2D eigenvalue weighted by atomic mass is 31.2. The van der Waals surface area contributed by atoms with Crippen LogP contribution in [0.2, 0.25) is 0 Å². The minimum Gasteiger partial charge on any atom is -0.404 e. The van der Waals surface area contributed by atoms with Crippen LogP contribution in [0.1, 0.15) is 109 Å². The molecule has 0 bridgehead atoms. The minimum atomic E-state index is -4.31. The van der Waals surface area contributed by atoms with Crippen molar-refractivity contribution in [3.05, 3.63) is 48.9 Å². The van der Waals surface area contributed by atoms with E-state index in [4.69, 9.17) is 18.5 Å². The lowest BCUT2D eigenvalue weighted by Crippen LogP contribution is -2.26. The van der Waals surface area contributed by atoms with Gasteiger partial charge in [-0.1, -0.05) is 103 Å². The maximum atomic E-state index is 12.6. The number of nitrogens with zero attached hydrogens (tertiary/aromatic N) is 2. The van der Waals surface area contributed by atoms with Crippen molar-refractivity contribution in [2.24, 2.45) is 0 Å². The predicted molar refractivity (Wildman–Crippen MR) is 166 cm³/mol. The first-order valence-electron chi connectivity index (χ1n) is 15.9. The Morgan fingerprint density at radius 3 is 2.07 bits per heavy atom. The molecule has 0 aliphatic carbocycles. The van der Waals surface area contributed by atoms with E-state index in [0.717, 1.165) is 18.4 Å². The summed E-state index contributed by atoms with van der Waals surface area (Å²) in [5.41, 5.74) is 0.947. The lowest BCUT2D eigenvalue weighted by atomic mass is 10.0. The van der Waals surface area contributed by atoms with E-state index in [1.165, 1.54) is 77.0 Å². The second-order valence-electron chi connectivity index (χ2n) is 11.0. The summed E-state index contributed by atoms with van der Waals surface area (Å²) in [4.78, 5) is 14.3. The van der Waals surface area contributed by atoms with E-state index < -0.39 is 13.9 Å². The lowest BCUT2D eigenvalue weighted by molar-refractivity contribution is -0.0373. The molecule has 2 atom stereocenters. The van der Waals surface area contributed by atoms with Crippen molar-refractivity contribution < 1.29 is 28.0 Å². The fraction of sp³-hybridized carbons (Fsp3) is 0.719. The van der Waals surface area contributed by atoms with Gasteiger partial charge in [0, 0.05) is 39.2 Å². The van der Waals surface area contributed by atoms with Crippen LogP contribution in [0.15, 0.2) is 36.7 Å². The highest BCUT2D eigenvalue weighted by molar-refractivity contribution is 7.47. The Morgan fingerprint density at radius 1 is 0.854 bits per heavy atom. The van der Waals surface area contributed by atoms with Gasteiger partial charge in [0.05, 0.1) is 13.2 Å². The number of benzene rings is 1. The van der Waals surface area contributed by atoms with Crippen molar-refractivity contribution in [2.75, 3.05) is 33.5 Å². The molecular weight excluding hydrogens is 539 g/mol. The normalized spacial score (nSPS) is 15.4. The van der Waals surface area contributed by atoms with Gasteiger partial charge in [-0.2, -0.15) is 0 Å². The maximum absolute atomic E-state index is 12.6. The fourth-order valence-electron chi connectivity index (χ4n) is 4.84. The van der Waals surface area contributed by atoms with Gasteiger partial charge in [-0.15, -0.1) is 0 Å². The van der Waals surface area contributed by atoms with Crippen LogP contribution >= 0.6 is 7.82 Å². The van der Waals surface area contributed by atoms with Crippen LogP contribution in [0.3, 0.4) is 0 Å². The van der Waals surface area contributed by atoms with Crippen LogP contribution in [0.5, 0.6) is 5.75 Å². The summed E-state index contributed by atoms with van der Waals surface area (Å²) < 4.78 is 34.6. The van der Waals surface area contributed by atoms with Gasteiger partial charge >= 0.3 is 7.82 Å². The van der Waals surface area contributed by atoms with Crippen molar-refractivity contribution in [1.29, 1.82) is 0 Å². The summed E-state index contributed by atoms with van der Waals surface area (Å²) in [5, 5.41) is 0. The Kier molecular flexibility index (Phi) is 19.1. The second-order valence-corrected chi connectivity index (χ2v) is 12.4. The first kappa shape index (κ1) is 35.6. The highest BCUT2D eigenvalue weighted by Gasteiger charge is 2.26. The van der Waals surface area contributed by atoms with E-state index >= 15 is 0 Å². The average molecular weight is 596 g/mol. The summed E-state index contributed by atoms with van der Waals surface area (Å²) in [6, 6.07) is 7.12. The van der Waals surface area contributed by atoms with Gasteiger partial charge in [0.15, 0.2) is 0 Å². The number of rotatable bonds is 26. The number of hydrogen-bond acceptors (Lipinski definition) is 7. The number of phosphoric acid groups is 1. The van der Waals surface area contributed by atoms with Crippen molar-refractivity contribution >= 4 is 7.82 Å². The molecule has 2 rings (SSSR count). The summed E-state index contributed by atoms with van der Waals surface area (Å²) in [6.45, 7) is 8.09. The molecule has 1 aliphatic heterocycles. The summed E-state index contributed by atoms with van der Waals surface area (Å²) in [5.74, 6) is 0.284. The topological polar surface area (TPSA) is 80.7 Å². The minimum absolute atomic E-state index is 0.0834. The van der Waals surface area contributed by atoms with Crippen molar-refractivity contribution in [1.82, 2.24) is 9.80 Å². The molecule has 8 nitrogen and oxygen atoms in total. The molecule has 0 saturated heterocycles. The summed E-state index contributed by atoms with van der Waals surface area (Å²) in [7, 11) is -2.36. The van der Waals surface area contributed by atoms with Crippen LogP contribution < -0.4 is 4.52 Å². The van der Waals surface area contributed by atoms with E-state index in [1.54, 1.807) is 18.2 Å². The number of phosphoric ester groups is 1. The predicted octanol–water partition coefficient (Wildman–Crippen LogP) is 8.42. The van der Waals surface area contributed by atoms with E-state index in [1.807, 2.05) is 48.9 Å². The molecule has 1 aliphatic rings. The molecule has 1 heterocycles. The Balaban J connectivity index is 1.52. The molecule has 235 valence electrons. The fourth-order valence-corrected chi connectivity index (χ4v) is 5.62. The van der Waals surface area contributed by atoms with Crippen LogP contribution in [0, 0.1) is 6.67 Å². The van der Waals surface area contributed by atoms with Crippen molar-refractivity contribution in [2.45, 2.75) is 116 Å². The zero-order valence-corrected chi connectivity index (χ0v) is 26.8. The summed E-state index contributed by atoms with van der Waals surface area (Å²) >= 11 is 0. The van der Waals surface area contributed by atoms with E-state index in [2.05, 4.69) is 6.92 Å². The van der Waals surface area contributed by atoms with Gasteiger partial charge in [-0.3, -0.25) is 9.42 Å².